The summed E-state index contributed by atoms with van der Waals surface area (Å²) in [4.78, 5) is 0. The van der Waals surface area contributed by atoms with Crippen molar-refractivity contribution < 1.29 is 4.39 Å². The maximum Gasteiger partial charge on any atom is 0.125 e. The Bertz CT molecular complexity index is 261. The zero-order chi connectivity index (χ0) is 8.97. The fraction of sp³-hybridized carbons (Fsp3) is 0.333. The minimum Gasteiger partial charge on any atom is -0.398 e. The number of hydrogen-bond donors (Lipinski definition) is 2. The normalized spacial score (nSPS) is 10.2. The molecule has 0 spiro atoms. The second kappa shape index (κ2) is 4.07. The lowest BCUT2D eigenvalue weighted by Crippen LogP contribution is -2.11. The predicted octanol–water partition coefficient (Wildman–Crippen LogP) is 1.17. The van der Waals surface area contributed by atoms with Crippen LogP contribution >= 0.6 is 0 Å². The molecule has 1 rings (SSSR count). The van der Waals surface area contributed by atoms with Crippen LogP contribution in [0, 0.1) is 5.82 Å². The molecule has 0 unspecified atom stereocenters. The fourth-order valence-corrected chi connectivity index (χ4v) is 1.05. The summed E-state index contributed by atoms with van der Waals surface area (Å²) in [5.41, 5.74) is 7.12. The van der Waals surface area contributed by atoms with Gasteiger partial charge in [0, 0.05) is 5.69 Å². The molecule has 0 bridgehead atoms. The maximum atomic E-state index is 12.6. The maximum absolute atomic E-state index is 12.6. The van der Waals surface area contributed by atoms with E-state index in [9.17, 15) is 4.39 Å². The van der Waals surface area contributed by atoms with Crippen molar-refractivity contribution in [2.75, 3.05) is 19.3 Å². The van der Waals surface area contributed by atoms with Crippen molar-refractivity contribution in [1.29, 1.82) is 0 Å². The molecule has 0 aliphatic carbocycles. The average Bonchev–Trinajstić information content (AvgIpc) is 2.03. The molecule has 12 heavy (non-hydrogen) atoms. The highest BCUT2D eigenvalue weighted by atomic mass is 19.1. The smallest absolute Gasteiger partial charge is 0.125 e. The molecule has 3 N–H and O–H groups in total. The van der Waals surface area contributed by atoms with E-state index in [1.807, 2.05) is 7.05 Å². The first kappa shape index (κ1) is 9.00. The SMILES string of the molecule is CNCCc1ccc(F)cc1N. The van der Waals surface area contributed by atoms with Crippen LogP contribution in [0.5, 0.6) is 0 Å². The van der Waals surface area contributed by atoms with E-state index in [1.165, 1.54) is 12.1 Å². The van der Waals surface area contributed by atoms with Crippen LogP contribution in [0.4, 0.5) is 10.1 Å². The Morgan fingerprint density at radius 3 is 2.83 bits per heavy atom. The Kier molecular flexibility index (Phi) is 3.05. The molecule has 0 saturated heterocycles. The molecular weight excluding hydrogens is 155 g/mol. The van der Waals surface area contributed by atoms with Crippen LogP contribution in [0.15, 0.2) is 18.2 Å². The molecule has 2 nitrogen and oxygen atoms in total. The zero-order valence-electron chi connectivity index (χ0n) is 7.10. The van der Waals surface area contributed by atoms with E-state index in [2.05, 4.69) is 5.32 Å². The third-order valence-electron chi connectivity index (χ3n) is 1.75. The predicted molar refractivity (Wildman–Crippen MR) is 48.4 cm³/mol. The van der Waals surface area contributed by atoms with E-state index < -0.39 is 0 Å². The van der Waals surface area contributed by atoms with Crippen LogP contribution < -0.4 is 11.1 Å². The number of likely N-dealkylation sites (N-methyl/N-ethyl adjacent to an activating group) is 1. The third kappa shape index (κ3) is 2.20. The number of benzene rings is 1. The molecule has 1 aromatic rings. The van der Waals surface area contributed by atoms with Crippen LogP contribution in [-0.2, 0) is 6.42 Å². The van der Waals surface area contributed by atoms with Gasteiger partial charge in [-0.3, -0.25) is 0 Å². The van der Waals surface area contributed by atoms with E-state index in [0.717, 1.165) is 18.5 Å². The second-order valence-corrected chi connectivity index (χ2v) is 2.70. The number of nitrogens with one attached hydrogen (secondary N) is 1. The van der Waals surface area contributed by atoms with Gasteiger partial charge < -0.3 is 11.1 Å². The van der Waals surface area contributed by atoms with E-state index >= 15 is 0 Å². The number of nitrogen functional groups attached to an aromatic ring is 1. The third-order valence-corrected chi connectivity index (χ3v) is 1.75. The van der Waals surface area contributed by atoms with Gasteiger partial charge in [0.25, 0.3) is 0 Å². The van der Waals surface area contributed by atoms with Crippen molar-refractivity contribution >= 4 is 5.69 Å². The number of hydrogen-bond acceptors (Lipinski definition) is 2. The molecule has 0 aliphatic heterocycles. The fourth-order valence-electron chi connectivity index (χ4n) is 1.05. The summed E-state index contributed by atoms with van der Waals surface area (Å²) < 4.78 is 12.6. The topological polar surface area (TPSA) is 38.0 Å². The van der Waals surface area contributed by atoms with E-state index in [4.69, 9.17) is 5.73 Å². The lowest BCUT2D eigenvalue weighted by Gasteiger charge is -2.04. The molecular formula is C9H13FN2. The van der Waals surface area contributed by atoms with Crippen molar-refractivity contribution in [1.82, 2.24) is 5.32 Å². The van der Waals surface area contributed by atoms with Crippen molar-refractivity contribution in [3.8, 4) is 0 Å². The summed E-state index contributed by atoms with van der Waals surface area (Å²) in [5.74, 6) is -0.277. The Morgan fingerprint density at radius 2 is 2.25 bits per heavy atom. The van der Waals surface area contributed by atoms with E-state index in [0.29, 0.717) is 5.69 Å². The standard InChI is InChI=1S/C9H13FN2/c1-12-5-4-7-2-3-8(10)6-9(7)11/h2-3,6,12H,4-5,11H2,1H3. The van der Waals surface area contributed by atoms with Gasteiger partial charge in [0.2, 0.25) is 0 Å². The zero-order valence-corrected chi connectivity index (χ0v) is 7.10. The lowest BCUT2D eigenvalue weighted by atomic mass is 10.1. The molecule has 0 radical (unpaired) electrons. The number of nitrogens with two attached hydrogens (primary N) is 1. The highest BCUT2D eigenvalue weighted by Gasteiger charge is 1.99. The monoisotopic (exact) mass is 168 g/mol. The van der Waals surface area contributed by atoms with Gasteiger partial charge in [0.1, 0.15) is 5.82 Å². The van der Waals surface area contributed by atoms with Crippen LogP contribution in [0.1, 0.15) is 5.56 Å². The van der Waals surface area contributed by atoms with E-state index in [1.54, 1.807) is 6.07 Å². The van der Waals surface area contributed by atoms with Crippen molar-refractivity contribution in [2.24, 2.45) is 0 Å². The van der Waals surface area contributed by atoms with Gasteiger partial charge in [0.15, 0.2) is 0 Å². The van der Waals surface area contributed by atoms with Gasteiger partial charge in [-0.2, -0.15) is 0 Å². The first-order valence-electron chi connectivity index (χ1n) is 3.92. The van der Waals surface area contributed by atoms with Gasteiger partial charge in [-0.05, 0) is 37.7 Å². The van der Waals surface area contributed by atoms with Gasteiger partial charge in [-0.25, -0.2) is 4.39 Å². The summed E-state index contributed by atoms with van der Waals surface area (Å²) in [5, 5.41) is 3.01. The molecule has 3 heteroatoms. The molecule has 0 atom stereocenters. The largest absolute Gasteiger partial charge is 0.398 e. The summed E-state index contributed by atoms with van der Waals surface area (Å²) in [6.45, 7) is 0.857. The second-order valence-electron chi connectivity index (χ2n) is 2.70. The molecule has 0 amide bonds. The Hall–Kier alpha value is -1.09. The molecule has 66 valence electrons. The lowest BCUT2D eigenvalue weighted by molar-refractivity contribution is 0.627. The Morgan fingerprint density at radius 1 is 1.50 bits per heavy atom. The van der Waals surface area contributed by atoms with Gasteiger partial charge >= 0.3 is 0 Å². The number of anilines is 1. The molecule has 0 aliphatic rings. The van der Waals surface area contributed by atoms with Crippen molar-refractivity contribution in [3.63, 3.8) is 0 Å². The molecule has 0 aromatic heterocycles. The van der Waals surface area contributed by atoms with Crippen LogP contribution in [0.3, 0.4) is 0 Å². The number of halogens is 1. The van der Waals surface area contributed by atoms with E-state index in [-0.39, 0.29) is 5.82 Å². The van der Waals surface area contributed by atoms with Crippen molar-refractivity contribution in [2.45, 2.75) is 6.42 Å². The van der Waals surface area contributed by atoms with Crippen LogP contribution in [-0.4, -0.2) is 13.6 Å². The molecule has 0 saturated carbocycles. The highest BCUT2D eigenvalue weighted by molar-refractivity contribution is 5.46. The minimum atomic E-state index is -0.277. The average molecular weight is 168 g/mol. The molecule has 0 fully saturated rings. The number of rotatable bonds is 3. The van der Waals surface area contributed by atoms with Gasteiger partial charge in [-0.1, -0.05) is 6.07 Å². The minimum absolute atomic E-state index is 0.277. The van der Waals surface area contributed by atoms with Gasteiger partial charge in [0.05, 0.1) is 0 Å². The Labute approximate surface area is 71.6 Å². The summed E-state index contributed by atoms with van der Waals surface area (Å²) in [7, 11) is 1.87. The quantitative estimate of drug-likeness (QED) is 0.665. The first-order valence-corrected chi connectivity index (χ1v) is 3.92. The van der Waals surface area contributed by atoms with Crippen molar-refractivity contribution in [3.05, 3.63) is 29.6 Å². The highest BCUT2D eigenvalue weighted by Crippen LogP contribution is 2.13. The first-order chi connectivity index (χ1) is 5.74. The molecule has 1 aromatic carbocycles. The molecule has 0 heterocycles. The summed E-state index contributed by atoms with van der Waals surface area (Å²) >= 11 is 0. The Balaban J connectivity index is 2.72. The summed E-state index contributed by atoms with van der Waals surface area (Å²) in [6.07, 6.45) is 0.836. The van der Waals surface area contributed by atoms with Crippen LogP contribution in [0.2, 0.25) is 0 Å². The summed E-state index contributed by atoms with van der Waals surface area (Å²) in [6, 6.07) is 4.51. The van der Waals surface area contributed by atoms with Crippen LogP contribution in [0.25, 0.3) is 0 Å². The van der Waals surface area contributed by atoms with Gasteiger partial charge in [-0.15, -0.1) is 0 Å².